The summed E-state index contributed by atoms with van der Waals surface area (Å²) in [4.78, 5) is 23.8. The first-order chi connectivity index (χ1) is 10.4. The van der Waals surface area contributed by atoms with Gasteiger partial charge in [-0.1, -0.05) is 0 Å². The van der Waals surface area contributed by atoms with Gasteiger partial charge in [0.25, 0.3) is 5.91 Å². The Morgan fingerprint density at radius 1 is 1.18 bits per heavy atom. The van der Waals surface area contributed by atoms with Crippen LogP contribution in [0.5, 0.6) is 0 Å². The number of nitrogens with zero attached hydrogens (tertiary/aromatic N) is 3. The summed E-state index contributed by atoms with van der Waals surface area (Å²) in [7, 11) is 0. The van der Waals surface area contributed by atoms with Crippen LogP contribution in [0.4, 0.5) is 0 Å². The average Bonchev–Trinajstić information content (AvgIpc) is 2.47. The minimum atomic E-state index is -0.292. The summed E-state index contributed by atoms with van der Waals surface area (Å²) in [5.41, 5.74) is 3.75. The Morgan fingerprint density at radius 3 is 2.55 bits per heavy atom. The van der Waals surface area contributed by atoms with Gasteiger partial charge in [0.15, 0.2) is 0 Å². The molecule has 2 heterocycles. The lowest BCUT2D eigenvalue weighted by atomic mass is 10.0. The summed E-state index contributed by atoms with van der Waals surface area (Å²) < 4.78 is 5.48. The van der Waals surface area contributed by atoms with Crippen LogP contribution in [0.1, 0.15) is 35.6 Å². The Morgan fingerprint density at radius 2 is 1.86 bits per heavy atom. The van der Waals surface area contributed by atoms with Crippen LogP contribution >= 0.6 is 0 Å². The van der Waals surface area contributed by atoms with Crippen molar-refractivity contribution in [3.05, 3.63) is 35.2 Å². The molecule has 1 aliphatic heterocycles. The maximum Gasteiger partial charge on any atom is 0.254 e. The molecule has 0 spiro atoms. The zero-order valence-corrected chi connectivity index (χ0v) is 13.5. The van der Waals surface area contributed by atoms with Gasteiger partial charge < -0.3 is 9.64 Å². The van der Waals surface area contributed by atoms with Crippen molar-refractivity contribution in [3.8, 4) is 0 Å². The summed E-state index contributed by atoms with van der Waals surface area (Å²) in [5, 5.41) is 0. The quantitative estimate of drug-likeness (QED) is 0.812. The molecule has 2 aromatic rings. The predicted molar refractivity (Wildman–Crippen MR) is 84.9 cm³/mol. The number of rotatable bonds is 1. The molecule has 0 N–H and O–H groups in total. The first kappa shape index (κ1) is 14.9. The molecular formula is C17H21N3O2. The number of aryl methyl sites for hydroxylation is 2. The largest absolute Gasteiger partial charge is 0.377 e. The highest BCUT2D eigenvalue weighted by atomic mass is 16.5. The van der Waals surface area contributed by atoms with Gasteiger partial charge in [0.1, 0.15) is 0 Å². The third kappa shape index (κ3) is 2.57. The number of amides is 1. The number of fused-ring (bicyclic) bond motifs is 1. The van der Waals surface area contributed by atoms with Crippen LogP contribution in [-0.2, 0) is 4.74 Å². The van der Waals surface area contributed by atoms with E-state index >= 15 is 0 Å². The van der Waals surface area contributed by atoms with Gasteiger partial charge >= 0.3 is 0 Å². The van der Waals surface area contributed by atoms with E-state index in [1.54, 1.807) is 0 Å². The van der Waals surface area contributed by atoms with Crippen molar-refractivity contribution in [2.45, 2.75) is 33.2 Å². The highest BCUT2D eigenvalue weighted by molar-refractivity contribution is 5.97. The van der Waals surface area contributed by atoms with Gasteiger partial charge in [-0.05, 0) is 45.9 Å². The van der Waals surface area contributed by atoms with Crippen LogP contribution in [0.3, 0.4) is 0 Å². The summed E-state index contributed by atoms with van der Waals surface area (Å²) in [6.07, 6.45) is 0. The fourth-order valence-corrected chi connectivity index (χ4v) is 2.75. The molecule has 1 fully saturated rings. The van der Waals surface area contributed by atoms with E-state index in [4.69, 9.17) is 4.74 Å². The van der Waals surface area contributed by atoms with E-state index in [0.29, 0.717) is 25.3 Å². The molecule has 1 aromatic heterocycles. The number of hydrogen-bond donors (Lipinski definition) is 0. The predicted octanol–water partition coefficient (Wildman–Crippen LogP) is 2.50. The zero-order valence-electron chi connectivity index (χ0n) is 13.5. The zero-order chi connectivity index (χ0) is 15.9. The SMILES string of the molecule is Cc1nc2ccc(C(=O)N3CCOCC3(C)C)cc2nc1C. The molecule has 0 bridgehead atoms. The van der Waals surface area contributed by atoms with Gasteiger partial charge in [-0.15, -0.1) is 0 Å². The van der Waals surface area contributed by atoms with E-state index in [0.717, 1.165) is 22.4 Å². The molecule has 0 atom stereocenters. The molecule has 0 saturated carbocycles. The molecule has 1 aromatic carbocycles. The summed E-state index contributed by atoms with van der Waals surface area (Å²) in [6, 6.07) is 5.54. The van der Waals surface area contributed by atoms with E-state index in [1.807, 2.05) is 50.8 Å². The van der Waals surface area contributed by atoms with Crippen molar-refractivity contribution >= 4 is 16.9 Å². The Bertz CT molecular complexity index is 740. The lowest BCUT2D eigenvalue weighted by Gasteiger charge is -2.42. The number of benzene rings is 1. The Balaban J connectivity index is 1.99. The van der Waals surface area contributed by atoms with E-state index < -0.39 is 0 Å². The summed E-state index contributed by atoms with van der Waals surface area (Å²) in [6.45, 7) is 9.68. The molecule has 22 heavy (non-hydrogen) atoms. The van der Waals surface area contributed by atoms with Crippen LogP contribution < -0.4 is 0 Å². The second-order valence-corrected chi connectivity index (χ2v) is 6.42. The molecular weight excluding hydrogens is 278 g/mol. The Kier molecular flexibility index (Phi) is 3.60. The van der Waals surface area contributed by atoms with Crippen molar-refractivity contribution in [3.63, 3.8) is 0 Å². The van der Waals surface area contributed by atoms with Gasteiger partial charge in [-0.25, -0.2) is 9.97 Å². The summed E-state index contributed by atoms with van der Waals surface area (Å²) in [5.74, 6) is 0.0234. The number of carbonyl (C=O) groups is 1. The van der Waals surface area contributed by atoms with Crippen LogP contribution in [0, 0.1) is 13.8 Å². The maximum atomic E-state index is 12.8. The van der Waals surface area contributed by atoms with E-state index in [-0.39, 0.29) is 11.4 Å². The fourth-order valence-electron chi connectivity index (χ4n) is 2.75. The average molecular weight is 299 g/mol. The Hall–Kier alpha value is -2.01. The van der Waals surface area contributed by atoms with Gasteiger partial charge in [0.05, 0.1) is 41.2 Å². The van der Waals surface area contributed by atoms with Crippen molar-refractivity contribution < 1.29 is 9.53 Å². The van der Waals surface area contributed by atoms with Crippen LogP contribution in [0.2, 0.25) is 0 Å². The van der Waals surface area contributed by atoms with Gasteiger partial charge in [0, 0.05) is 12.1 Å². The molecule has 1 saturated heterocycles. The van der Waals surface area contributed by atoms with Crippen molar-refractivity contribution in [1.82, 2.24) is 14.9 Å². The smallest absolute Gasteiger partial charge is 0.254 e. The fraction of sp³-hybridized carbons (Fsp3) is 0.471. The molecule has 1 amide bonds. The third-order valence-electron chi connectivity index (χ3n) is 4.21. The van der Waals surface area contributed by atoms with Gasteiger partial charge in [0.2, 0.25) is 0 Å². The maximum absolute atomic E-state index is 12.8. The van der Waals surface area contributed by atoms with Gasteiger partial charge in [-0.2, -0.15) is 0 Å². The summed E-state index contributed by atoms with van der Waals surface area (Å²) >= 11 is 0. The monoisotopic (exact) mass is 299 g/mol. The topological polar surface area (TPSA) is 55.3 Å². The Labute approximate surface area is 130 Å². The van der Waals surface area contributed by atoms with Crippen LogP contribution in [-0.4, -0.2) is 46.1 Å². The first-order valence-electron chi connectivity index (χ1n) is 7.53. The lowest BCUT2D eigenvalue weighted by molar-refractivity contribution is -0.0370. The lowest BCUT2D eigenvalue weighted by Crippen LogP contribution is -2.55. The van der Waals surface area contributed by atoms with Crippen molar-refractivity contribution in [2.24, 2.45) is 0 Å². The van der Waals surface area contributed by atoms with Crippen LogP contribution in [0.15, 0.2) is 18.2 Å². The molecule has 0 unspecified atom stereocenters. The number of aromatic nitrogens is 2. The highest BCUT2D eigenvalue weighted by Gasteiger charge is 2.34. The van der Waals surface area contributed by atoms with E-state index in [1.165, 1.54) is 0 Å². The minimum absolute atomic E-state index is 0.0234. The second-order valence-electron chi connectivity index (χ2n) is 6.42. The highest BCUT2D eigenvalue weighted by Crippen LogP contribution is 2.23. The van der Waals surface area contributed by atoms with E-state index in [9.17, 15) is 4.79 Å². The molecule has 116 valence electrons. The molecule has 1 aliphatic rings. The second kappa shape index (κ2) is 5.32. The number of hydrogen-bond acceptors (Lipinski definition) is 4. The normalized spacial score (nSPS) is 17.7. The standard InChI is InChI=1S/C17H21N3O2/c1-11-12(2)19-15-9-13(5-6-14(15)18-11)16(21)20-7-8-22-10-17(20,3)4/h5-6,9H,7-8,10H2,1-4H3. The van der Waals surface area contributed by atoms with E-state index in [2.05, 4.69) is 9.97 Å². The molecule has 5 nitrogen and oxygen atoms in total. The molecule has 5 heteroatoms. The molecule has 3 rings (SSSR count). The molecule has 0 aliphatic carbocycles. The third-order valence-corrected chi connectivity index (χ3v) is 4.21. The van der Waals surface area contributed by atoms with Gasteiger partial charge in [-0.3, -0.25) is 4.79 Å². The number of ether oxygens (including phenoxy) is 1. The molecule has 0 radical (unpaired) electrons. The minimum Gasteiger partial charge on any atom is -0.377 e. The van der Waals surface area contributed by atoms with Crippen LogP contribution in [0.25, 0.3) is 11.0 Å². The van der Waals surface area contributed by atoms with Crippen molar-refractivity contribution in [1.29, 1.82) is 0 Å². The number of morpholine rings is 1. The first-order valence-corrected chi connectivity index (χ1v) is 7.53. The van der Waals surface area contributed by atoms with Crippen molar-refractivity contribution in [2.75, 3.05) is 19.8 Å². The number of carbonyl (C=O) groups excluding carboxylic acids is 1.